The highest BCUT2D eigenvalue weighted by Gasteiger charge is 2.46. The Balaban J connectivity index is 1.70. The van der Waals surface area contributed by atoms with Gasteiger partial charge in [0.15, 0.2) is 0 Å². The Hall–Kier alpha value is -2.16. The summed E-state index contributed by atoms with van der Waals surface area (Å²) >= 11 is 7.68. The Bertz CT molecular complexity index is 1310. The maximum Gasteiger partial charge on any atom is 0.0714 e. The van der Waals surface area contributed by atoms with Gasteiger partial charge in [-0.15, -0.1) is 0 Å². The summed E-state index contributed by atoms with van der Waals surface area (Å²) in [5.74, 6) is 0. The van der Waals surface area contributed by atoms with E-state index in [2.05, 4.69) is 131 Å². The standard InChI is InChI=1S/C37H40Br2/c1-3-5-7-9-13-27-15-11-17-29(23-27)37(30-18-12-16-28(24-30)14-10-8-6-4-2)35-25-31(38)19-21-33(35)34-22-20-32(39)26-36(34)37/h11-12,15-26H,3-10,13-14H2,1-2H3. The normalized spacial score (nSPS) is 13.3. The highest BCUT2D eigenvalue weighted by molar-refractivity contribution is 9.10. The van der Waals surface area contributed by atoms with Gasteiger partial charge >= 0.3 is 0 Å². The maximum absolute atomic E-state index is 3.84. The van der Waals surface area contributed by atoms with Gasteiger partial charge in [0, 0.05) is 8.95 Å². The first kappa shape index (κ1) is 28.4. The van der Waals surface area contributed by atoms with Crippen LogP contribution in [0, 0.1) is 0 Å². The lowest BCUT2D eigenvalue weighted by Crippen LogP contribution is -2.29. The largest absolute Gasteiger partial charge is 0.0714 e. The third-order valence-corrected chi connectivity index (χ3v) is 9.41. The Labute approximate surface area is 252 Å². The van der Waals surface area contributed by atoms with E-state index in [-0.39, 0.29) is 5.41 Å². The van der Waals surface area contributed by atoms with Gasteiger partial charge < -0.3 is 0 Å². The molecule has 0 aromatic heterocycles. The van der Waals surface area contributed by atoms with Crippen molar-refractivity contribution in [1.82, 2.24) is 0 Å². The Kier molecular flexibility index (Phi) is 9.46. The molecule has 0 spiro atoms. The molecule has 0 amide bonds. The van der Waals surface area contributed by atoms with Gasteiger partial charge in [0.1, 0.15) is 0 Å². The molecule has 0 nitrogen and oxygen atoms in total. The second kappa shape index (κ2) is 13.0. The minimum Gasteiger partial charge on any atom is -0.0654 e. The van der Waals surface area contributed by atoms with E-state index in [1.807, 2.05) is 0 Å². The van der Waals surface area contributed by atoms with Crippen LogP contribution < -0.4 is 0 Å². The van der Waals surface area contributed by atoms with Crippen LogP contribution in [0.5, 0.6) is 0 Å². The van der Waals surface area contributed by atoms with Crippen LogP contribution in [0.3, 0.4) is 0 Å². The van der Waals surface area contributed by atoms with Gasteiger partial charge in [0.25, 0.3) is 0 Å². The van der Waals surface area contributed by atoms with Crippen LogP contribution in [-0.4, -0.2) is 0 Å². The van der Waals surface area contributed by atoms with Crippen molar-refractivity contribution in [2.24, 2.45) is 0 Å². The van der Waals surface area contributed by atoms with Gasteiger partial charge in [-0.05, 0) is 94.5 Å². The Morgan fingerprint density at radius 2 is 0.974 bits per heavy atom. The van der Waals surface area contributed by atoms with E-state index in [0.29, 0.717) is 0 Å². The summed E-state index contributed by atoms with van der Waals surface area (Å²) in [4.78, 5) is 0. The fourth-order valence-electron chi connectivity index (χ4n) is 6.49. The molecule has 0 N–H and O–H groups in total. The van der Waals surface area contributed by atoms with E-state index < -0.39 is 0 Å². The zero-order chi connectivity index (χ0) is 27.2. The molecule has 0 saturated carbocycles. The topological polar surface area (TPSA) is 0 Å². The summed E-state index contributed by atoms with van der Waals surface area (Å²) in [7, 11) is 0. The molecule has 0 radical (unpaired) electrons. The summed E-state index contributed by atoms with van der Waals surface area (Å²) in [5.41, 5.74) is 10.7. The monoisotopic (exact) mass is 642 g/mol. The van der Waals surface area contributed by atoms with E-state index in [1.54, 1.807) is 0 Å². The number of halogens is 2. The van der Waals surface area contributed by atoms with Crippen molar-refractivity contribution in [3.05, 3.63) is 127 Å². The molecule has 0 heterocycles. The van der Waals surface area contributed by atoms with Gasteiger partial charge in [-0.2, -0.15) is 0 Å². The fraction of sp³-hybridized carbons (Fsp3) is 0.351. The van der Waals surface area contributed by atoms with Crippen molar-refractivity contribution in [3.8, 4) is 11.1 Å². The first-order chi connectivity index (χ1) is 19.1. The molecule has 0 aliphatic heterocycles. The predicted octanol–water partition coefficient (Wildman–Crippen LogP) is 11.8. The number of hydrogen-bond acceptors (Lipinski definition) is 0. The zero-order valence-corrected chi connectivity index (χ0v) is 26.6. The van der Waals surface area contributed by atoms with E-state index in [0.717, 1.165) is 21.8 Å². The molecule has 202 valence electrons. The van der Waals surface area contributed by atoms with Gasteiger partial charge in [0.2, 0.25) is 0 Å². The molecule has 0 fully saturated rings. The van der Waals surface area contributed by atoms with Crippen molar-refractivity contribution in [3.63, 3.8) is 0 Å². The van der Waals surface area contributed by atoms with E-state index in [1.165, 1.54) is 95.9 Å². The molecule has 4 aromatic rings. The second-order valence-corrected chi connectivity index (χ2v) is 13.0. The maximum atomic E-state index is 3.84. The van der Waals surface area contributed by atoms with E-state index >= 15 is 0 Å². The number of fused-ring (bicyclic) bond motifs is 3. The van der Waals surface area contributed by atoms with E-state index in [9.17, 15) is 0 Å². The predicted molar refractivity (Wildman–Crippen MR) is 175 cm³/mol. The first-order valence-electron chi connectivity index (χ1n) is 14.9. The lowest BCUT2D eigenvalue weighted by Gasteiger charge is -2.34. The molecule has 1 aliphatic carbocycles. The summed E-state index contributed by atoms with van der Waals surface area (Å²) in [6.45, 7) is 4.57. The fourth-order valence-corrected chi connectivity index (χ4v) is 7.21. The van der Waals surface area contributed by atoms with Crippen molar-refractivity contribution < 1.29 is 0 Å². The molecule has 39 heavy (non-hydrogen) atoms. The van der Waals surface area contributed by atoms with Crippen LogP contribution in [0.4, 0.5) is 0 Å². The minimum atomic E-state index is -0.364. The third-order valence-electron chi connectivity index (χ3n) is 8.42. The van der Waals surface area contributed by atoms with Crippen molar-refractivity contribution >= 4 is 31.9 Å². The van der Waals surface area contributed by atoms with Crippen LogP contribution in [-0.2, 0) is 18.3 Å². The van der Waals surface area contributed by atoms with Crippen molar-refractivity contribution in [2.45, 2.75) is 83.5 Å². The summed E-state index contributed by atoms with van der Waals surface area (Å²) < 4.78 is 2.26. The lowest BCUT2D eigenvalue weighted by atomic mass is 9.67. The second-order valence-electron chi connectivity index (χ2n) is 11.2. The molecular formula is C37H40Br2. The van der Waals surface area contributed by atoms with Gasteiger partial charge in [-0.25, -0.2) is 0 Å². The third kappa shape index (κ3) is 5.84. The van der Waals surface area contributed by atoms with E-state index in [4.69, 9.17) is 0 Å². The van der Waals surface area contributed by atoms with Crippen LogP contribution in [0.2, 0.25) is 0 Å². The highest BCUT2D eigenvalue weighted by atomic mass is 79.9. The average Bonchev–Trinajstić information content (AvgIpc) is 3.23. The quantitative estimate of drug-likeness (QED) is 0.119. The molecule has 0 bridgehead atoms. The SMILES string of the molecule is CCCCCCc1cccc(C2(c3cccc(CCCCCC)c3)c3cc(Br)ccc3-c3ccc(Br)cc32)c1. The highest BCUT2D eigenvalue weighted by Crippen LogP contribution is 2.57. The number of aryl methyl sites for hydroxylation is 2. The van der Waals surface area contributed by atoms with Crippen LogP contribution in [0.25, 0.3) is 11.1 Å². The number of hydrogen-bond donors (Lipinski definition) is 0. The average molecular weight is 645 g/mol. The summed E-state index contributed by atoms with van der Waals surface area (Å²) in [6, 6.07) is 32.7. The zero-order valence-electron chi connectivity index (χ0n) is 23.4. The summed E-state index contributed by atoms with van der Waals surface area (Å²) in [6.07, 6.45) is 12.6. The Morgan fingerprint density at radius 3 is 1.41 bits per heavy atom. The molecule has 0 unspecified atom stereocenters. The van der Waals surface area contributed by atoms with Crippen LogP contribution in [0.1, 0.15) is 98.6 Å². The Morgan fingerprint density at radius 1 is 0.513 bits per heavy atom. The summed E-state index contributed by atoms with van der Waals surface area (Å²) in [5, 5.41) is 0. The number of rotatable bonds is 12. The van der Waals surface area contributed by atoms with Crippen LogP contribution >= 0.6 is 31.9 Å². The molecule has 0 atom stereocenters. The molecule has 4 aromatic carbocycles. The van der Waals surface area contributed by atoms with Gasteiger partial charge in [-0.1, -0.05) is 145 Å². The molecule has 5 rings (SSSR count). The smallest absolute Gasteiger partial charge is 0.0654 e. The molecule has 1 aliphatic rings. The molecular weight excluding hydrogens is 604 g/mol. The molecule has 2 heteroatoms. The lowest BCUT2D eigenvalue weighted by molar-refractivity contribution is 0.664. The van der Waals surface area contributed by atoms with Gasteiger partial charge in [-0.3, -0.25) is 0 Å². The van der Waals surface area contributed by atoms with Gasteiger partial charge in [0.05, 0.1) is 5.41 Å². The van der Waals surface area contributed by atoms with Crippen molar-refractivity contribution in [2.75, 3.05) is 0 Å². The number of benzene rings is 4. The van der Waals surface area contributed by atoms with Crippen LogP contribution in [0.15, 0.2) is 93.9 Å². The van der Waals surface area contributed by atoms with Crippen molar-refractivity contribution in [1.29, 1.82) is 0 Å². The molecule has 0 saturated heterocycles. The minimum absolute atomic E-state index is 0.364. The number of unbranched alkanes of at least 4 members (excludes halogenated alkanes) is 6. The first-order valence-corrected chi connectivity index (χ1v) is 16.5.